The van der Waals surface area contributed by atoms with Crippen LogP contribution in [-0.2, 0) is 27.3 Å². The summed E-state index contributed by atoms with van der Waals surface area (Å²) in [5, 5.41) is 5.12. The molecule has 150 valence electrons. The van der Waals surface area contributed by atoms with Gasteiger partial charge >= 0.3 is 5.97 Å². The van der Waals surface area contributed by atoms with Crippen molar-refractivity contribution in [3.63, 3.8) is 0 Å². The molecule has 1 fully saturated rings. The van der Waals surface area contributed by atoms with Crippen molar-refractivity contribution in [2.75, 3.05) is 44.6 Å². The van der Waals surface area contributed by atoms with Gasteiger partial charge in [0, 0.05) is 38.1 Å². The molecular weight excluding hydrogens is 376 g/mol. The second-order valence-electron chi connectivity index (χ2n) is 6.71. The van der Waals surface area contributed by atoms with Gasteiger partial charge in [-0.1, -0.05) is 30.3 Å². The lowest BCUT2D eigenvalue weighted by molar-refractivity contribution is -0.142. The molecular formula is C20H26N4O3S. The quantitative estimate of drug-likeness (QED) is 0.681. The van der Waals surface area contributed by atoms with E-state index in [0.29, 0.717) is 24.0 Å². The lowest BCUT2D eigenvalue weighted by Gasteiger charge is -2.34. The molecule has 0 radical (unpaired) electrons. The monoisotopic (exact) mass is 402 g/mol. The summed E-state index contributed by atoms with van der Waals surface area (Å²) in [6, 6.07) is 10.4. The van der Waals surface area contributed by atoms with Crippen LogP contribution < -0.4 is 5.32 Å². The van der Waals surface area contributed by atoms with Gasteiger partial charge in [0.05, 0.1) is 25.3 Å². The third-order valence-corrected chi connectivity index (χ3v) is 5.32. The number of ether oxygens (including phenoxy) is 1. The molecule has 1 aromatic carbocycles. The number of rotatable bonds is 8. The summed E-state index contributed by atoms with van der Waals surface area (Å²) < 4.78 is 4.91. The standard InChI is InChI=1S/C20H26N4O3S/c1-2-27-19(26)12-17-15-28-20(21-17)22-18(25)14-24-10-8-23(9-11-24)13-16-6-4-3-5-7-16/h3-7,15H,2,8-14H2,1H3,(H,21,22,25). The summed E-state index contributed by atoms with van der Waals surface area (Å²) in [5.74, 6) is -0.382. The van der Waals surface area contributed by atoms with Gasteiger partial charge in [-0.25, -0.2) is 4.98 Å². The first-order valence-electron chi connectivity index (χ1n) is 9.51. The van der Waals surface area contributed by atoms with Crippen molar-refractivity contribution < 1.29 is 14.3 Å². The minimum Gasteiger partial charge on any atom is -0.466 e. The topological polar surface area (TPSA) is 74.8 Å². The maximum Gasteiger partial charge on any atom is 0.311 e. The van der Waals surface area contributed by atoms with Crippen molar-refractivity contribution in [3.8, 4) is 0 Å². The van der Waals surface area contributed by atoms with Crippen molar-refractivity contribution in [2.45, 2.75) is 19.9 Å². The maximum atomic E-state index is 12.3. The molecule has 3 rings (SSSR count). The average molecular weight is 403 g/mol. The van der Waals surface area contributed by atoms with Gasteiger partial charge in [0.25, 0.3) is 0 Å². The predicted molar refractivity (Wildman–Crippen MR) is 109 cm³/mol. The number of carbonyl (C=O) groups is 2. The smallest absolute Gasteiger partial charge is 0.311 e. The third-order valence-electron chi connectivity index (χ3n) is 4.51. The molecule has 1 aliphatic heterocycles. The van der Waals surface area contributed by atoms with E-state index in [9.17, 15) is 9.59 Å². The van der Waals surface area contributed by atoms with Crippen molar-refractivity contribution in [1.29, 1.82) is 0 Å². The van der Waals surface area contributed by atoms with E-state index >= 15 is 0 Å². The Morgan fingerprint density at radius 3 is 2.57 bits per heavy atom. The number of nitrogens with zero attached hydrogens (tertiary/aromatic N) is 3. The fraction of sp³-hybridized carbons (Fsp3) is 0.450. The molecule has 1 aromatic heterocycles. The Hall–Kier alpha value is -2.29. The SMILES string of the molecule is CCOC(=O)Cc1csc(NC(=O)CN2CCN(Cc3ccccc3)CC2)n1. The van der Waals surface area contributed by atoms with Crippen LogP contribution in [0.15, 0.2) is 35.7 Å². The molecule has 1 amide bonds. The number of aromatic nitrogens is 1. The summed E-state index contributed by atoms with van der Waals surface area (Å²) in [4.78, 5) is 32.6. The highest BCUT2D eigenvalue weighted by Gasteiger charge is 2.19. The van der Waals surface area contributed by atoms with Gasteiger partial charge in [-0.3, -0.25) is 19.4 Å². The number of anilines is 1. The van der Waals surface area contributed by atoms with Crippen LogP contribution in [0.25, 0.3) is 0 Å². The fourth-order valence-electron chi connectivity index (χ4n) is 3.11. The zero-order chi connectivity index (χ0) is 19.8. The van der Waals surface area contributed by atoms with Crippen LogP contribution in [0.5, 0.6) is 0 Å². The van der Waals surface area contributed by atoms with Crippen LogP contribution in [0.1, 0.15) is 18.2 Å². The van der Waals surface area contributed by atoms with Crippen LogP contribution in [0, 0.1) is 0 Å². The molecule has 7 nitrogen and oxygen atoms in total. The molecule has 0 atom stereocenters. The van der Waals surface area contributed by atoms with Gasteiger partial charge in [0.2, 0.25) is 5.91 Å². The first kappa shape index (κ1) is 20.4. The zero-order valence-electron chi connectivity index (χ0n) is 16.1. The number of hydrogen-bond donors (Lipinski definition) is 1. The molecule has 2 heterocycles. The lowest BCUT2D eigenvalue weighted by atomic mass is 10.2. The minimum absolute atomic E-state index is 0.0754. The van der Waals surface area contributed by atoms with Crippen molar-refractivity contribution in [2.24, 2.45) is 0 Å². The van der Waals surface area contributed by atoms with Crippen LogP contribution >= 0.6 is 11.3 Å². The normalized spacial score (nSPS) is 15.3. The van der Waals surface area contributed by atoms with Crippen LogP contribution in [0.3, 0.4) is 0 Å². The molecule has 0 bridgehead atoms. The molecule has 1 N–H and O–H groups in total. The maximum absolute atomic E-state index is 12.3. The van der Waals surface area contributed by atoms with Crippen molar-refractivity contribution >= 4 is 28.3 Å². The highest BCUT2D eigenvalue weighted by molar-refractivity contribution is 7.13. The van der Waals surface area contributed by atoms with Gasteiger partial charge in [-0.05, 0) is 12.5 Å². The molecule has 8 heteroatoms. The second kappa shape index (κ2) is 10.3. The number of esters is 1. The number of thiazole rings is 1. The average Bonchev–Trinajstić information content (AvgIpc) is 3.11. The number of hydrogen-bond acceptors (Lipinski definition) is 7. The van der Waals surface area contributed by atoms with Gasteiger partial charge in [-0.2, -0.15) is 0 Å². The van der Waals surface area contributed by atoms with Crippen LogP contribution in [0.2, 0.25) is 0 Å². The summed E-state index contributed by atoms with van der Waals surface area (Å²) >= 11 is 1.32. The Morgan fingerprint density at radius 1 is 1.14 bits per heavy atom. The summed E-state index contributed by atoms with van der Waals surface area (Å²) in [6.07, 6.45) is 0.129. The summed E-state index contributed by atoms with van der Waals surface area (Å²) in [7, 11) is 0. The van der Waals surface area contributed by atoms with Gasteiger partial charge in [-0.15, -0.1) is 11.3 Å². The second-order valence-corrected chi connectivity index (χ2v) is 7.57. The van der Waals surface area contributed by atoms with Crippen LogP contribution in [0.4, 0.5) is 5.13 Å². The zero-order valence-corrected chi connectivity index (χ0v) is 16.9. The summed E-state index contributed by atoms with van der Waals surface area (Å²) in [6.45, 7) is 7.05. The van der Waals surface area contributed by atoms with E-state index in [1.807, 2.05) is 6.07 Å². The first-order valence-corrected chi connectivity index (χ1v) is 10.4. The van der Waals surface area contributed by atoms with Crippen molar-refractivity contribution in [3.05, 3.63) is 47.0 Å². The highest BCUT2D eigenvalue weighted by Crippen LogP contribution is 2.16. The Morgan fingerprint density at radius 2 is 1.86 bits per heavy atom. The van der Waals surface area contributed by atoms with Gasteiger partial charge < -0.3 is 10.1 Å². The van der Waals surface area contributed by atoms with E-state index in [1.165, 1.54) is 16.9 Å². The molecule has 1 saturated heterocycles. The Bertz CT molecular complexity index is 773. The number of benzene rings is 1. The minimum atomic E-state index is -0.306. The first-order chi connectivity index (χ1) is 13.6. The predicted octanol–water partition coefficient (Wildman–Crippen LogP) is 2.00. The molecule has 0 aliphatic carbocycles. The third kappa shape index (κ3) is 6.40. The number of carbonyl (C=O) groups excluding carboxylic acids is 2. The Labute approximate surface area is 169 Å². The molecule has 0 saturated carbocycles. The summed E-state index contributed by atoms with van der Waals surface area (Å²) in [5.41, 5.74) is 1.93. The van der Waals surface area contributed by atoms with Gasteiger partial charge in [0.1, 0.15) is 0 Å². The largest absolute Gasteiger partial charge is 0.466 e. The number of piperazine rings is 1. The van der Waals surface area contributed by atoms with E-state index in [2.05, 4.69) is 44.4 Å². The Kier molecular flexibility index (Phi) is 7.53. The van der Waals surface area contributed by atoms with E-state index in [-0.39, 0.29) is 18.3 Å². The van der Waals surface area contributed by atoms with Gasteiger partial charge in [0.15, 0.2) is 5.13 Å². The Balaban J connectivity index is 1.39. The van der Waals surface area contributed by atoms with E-state index in [1.54, 1.807) is 12.3 Å². The molecule has 0 spiro atoms. The van der Waals surface area contributed by atoms with Crippen molar-refractivity contribution in [1.82, 2.24) is 14.8 Å². The lowest BCUT2D eigenvalue weighted by Crippen LogP contribution is -2.48. The molecule has 28 heavy (non-hydrogen) atoms. The van der Waals surface area contributed by atoms with E-state index in [4.69, 9.17) is 4.74 Å². The van der Waals surface area contributed by atoms with Crippen LogP contribution in [-0.4, -0.2) is 66.0 Å². The molecule has 2 aromatic rings. The number of nitrogens with one attached hydrogen (secondary N) is 1. The number of amides is 1. The molecule has 0 unspecified atom stereocenters. The highest BCUT2D eigenvalue weighted by atomic mass is 32.1. The molecule has 1 aliphatic rings. The fourth-order valence-corrected chi connectivity index (χ4v) is 3.84. The van der Waals surface area contributed by atoms with E-state index < -0.39 is 0 Å². The van der Waals surface area contributed by atoms with E-state index in [0.717, 1.165) is 32.7 Å².